The molecular weight excluding hydrogens is 493 g/mol. The standard InChI is InChI=1S/C27H26FN5O5/c1-14-8-11-20(19(28)12-14)30-23-21-22(27(3,38)25(36)31(23)4)32(26(37)33(24(21)35)17-9-10-17)18-7-5-6-16(13-18)29-15(2)34/h5-8,11-13,17,38H,9-10H2,1-4H3,(H,29,34). The molecule has 2 N–H and O–H groups in total. The van der Waals surface area contributed by atoms with Crippen LogP contribution < -0.4 is 16.6 Å². The van der Waals surface area contributed by atoms with Crippen LogP contribution in [0.5, 0.6) is 0 Å². The third-order valence-electron chi connectivity index (χ3n) is 6.68. The highest BCUT2D eigenvalue weighted by Crippen LogP contribution is 2.36. The molecule has 0 radical (unpaired) electrons. The van der Waals surface area contributed by atoms with Crippen LogP contribution in [-0.2, 0) is 15.2 Å². The summed E-state index contributed by atoms with van der Waals surface area (Å²) in [6.07, 6.45) is 1.20. The van der Waals surface area contributed by atoms with Crippen LogP contribution in [0.1, 0.15) is 49.6 Å². The molecule has 1 aliphatic carbocycles. The first-order chi connectivity index (χ1) is 17.9. The molecule has 2 aliphatic rings. The summed E-state index contributed by atoms with van der Waals surface area (Å²) in [7, 11) is 1.33. The van der Waals surface area contributed by atoms with Gasteiger partial charge < -0.3 is 10.4 Å². The highest BCUT2D eigenvalue weighted by atomic mass is 19.1. The zero-order chi connectivity index (χ0) is 27.5. The lowest BCUT2D eigenvalue weighted by atomic mass is 9.90. The van der Waals surface area contributed by atoms with Gasteiger partial charge in [0.1, 0.15) is 17.1 Å². The topological polar surface area (TPSA) is 126 Å². The maximum atomic E-state index is 14.8. The van der Waals surface area contributed by atoms with Crippen molar-refractivity contribution in [2.45, 2.75) is 45.3 Å². The maximum absolute atomic E-state index is 14.8. The van der Waals surface area contributed by atoms with Gasteiger partial charge >= 0.3 is 5.69 Å². The summed E-state index contributed by atoms with van der Waals surface area (Å²) in [5.74, 6) is -2.04. The van der Waals surface area contributed by atoms with Crippen LogP contribution >= 0.6 is 0 Å². The van der Waals surface area contributed by atoms with Crippen LogP contribution in [0, 0.1) is 12.7 Å². The van der Waals surface area contributed by atoms with Crippen molar-refractivity contribution in [3.05, 3.63) is 85.9 Å². The Morgan fingerprint density at radius 3 is 2.50 bits per heavy atom. The predicted octanol–water partition coefficient (Wildman–Crippen LogP) is 2.50. The number of nitrogens with zero attached hydrogens (tertiary/aromatic N) is 4. The SMILES string of the molecule is CC(=O)Nc1cccc(-n2c3c(c(=O)n(C4CC4)c2=O)C(=Nc2ccc(C)cc2F)N(C)C(=O)C3(C)O)c1. The molecule has 1 aromatic heterocycles. The fraction of sp³-hybridized carbons (Fsp3) is 0.296. The zero-order valence-electron chi connectivity index (χ0n) is 21.3. The number of amidine groups is 1. The molecule has 11 heteroatoms. The van der Waals surface area contributed by atoms with Gasteiger partial charge in [0, 0.05) is 25.7 Å². The first-order valence-corrected chi connectivity index (χ1v) is 12.1. The number of hydrogen-bond donors (Lipinski definition) is 2. The molecule has 1 unspecified atom stereocenters. The summed E-state index contributed by atoms with van der Waals surface area (Å²) in [5.41, 5.74) is -3.11. The molecule has 0 spiro atoms. The number of fused-ring (bicyclic) bond motifs is 1. The Morgan fingerprint density at radius 1 is 1.16 bits per heavy atom. The predicted molar refractivity (Wildman–Crippen MR) is 139 cm³/mol. The van der Waals surface area contributed by atoms with Gasteiger partial charge in [0.2, 0.25) is 5.91 Å². The van der Waals surface area contributed by atoms with Crippen LogP contribution in [-0.4, -0.2) is 43.8 Å². The van der Waals surface area contributed by atoms with Gasteiger partial charge in [0.05, 0.1) is 11.4 Å². The number of nitrogens with one attached hydrogen (secondary N) is 1. The minimum Gasteiger partial charge on any atom is -0.374 e. The molecule has 0 saturated heterocycles. The van der Waals surface area contributed by atoms with E-state index in [9.17, 15) is 28.7 Å². The quantitative estimate of drug-likeness (QED) is 0.548. The highest BCUT2D eigenvalue weighted by Gasteiger charge is 2.49. The molecule has 5 rings (SSSR count). The third kappa shape index (κ3) is 4.04. The number of carbonyl (C=O) groups excluding carboxylic acids is 2. The number of aliphatic imine (C=N–C) groups is 1. The summed E-state index contributed by atoms with van der Waals surface area (Å²) in [6.45, 7) is 4.24. The Hall–Kier alpha value is -4.38. The van der Waals surface area contributed by atoms with E-state index in [2.05, 4.69) is 10.3 Å². The van der Waals surface area contributed by atoms with Gasteiger partial charge in [0.15, 0.2) is 11.4 Å². The van der Waals surface area contributed by atoms with Gasteiger partial charge in [-0.25, -0.2) is 14.2 Å². The van der Waals surface area contributed by atoms with Crippen molar-refractivity contribution in [2.75, 3.05) is 12.4 Å². The van der Waals surface area contributed by atoms with Crippen LogP contribution in [0.3, 0.4) is 0 Å². The average molecular weight is 520 g/mol. The van der Waals surface area contributed by atoms with Gasteiger partial charge in [-0.1, -0.05) is 12.1 Å². The van der Waals surface area contributed by atoms with Gasteiger partial charge in [-0.3, -0.25) is 28.4 Å². The average Bonchev–Trinajstić information content (AvgIpc) is 3.67. The smallest absolute Gasteiger partial charge is 0.336 e. The van der Waals surface area contributed by atoms with Crippen molar-refractivity contribution in [2.24, 2.45) is 4.99 Å². The number of benzene rings is 2. The molecule has 1 atom stereocenters. The van der Waals surface area contributed by atoms with Crippen molar-refractivity contribution < 1.29 is 19.1 Å². The molecule has 1 fully saturated rings. The second-order valence-corrected chi connectivity index (χ2v) is 9.81. The fourth-order valence-electron chi connectivity index (χ4n) is 4.75. The van der Waals surface area contributed by atoms with E-state index < -0.39 is 28.6 Å². The van der Waals surface area contributed by atoms with Crippen LogP contribution in [0.4, 0.5) is 15.8 Å². The Morgan fingerprint density at radius 2 is 1.87 bits per heavy atom. The summed E-state index contributed by atoms with van der Waals surface area (Å²) in [4.78, 5) is 58.1. The number of rotatable bonds is 4. The Bertz CT molecular complexity index is 1670. The van der Waals surface area contributed by atoms with Gasteiger partial charge in [0.25, 0.3) is 11.5 Å². The first kappa shape index (κ1) is 25.3. The van der Waals surface area contributed by atoms with Gasteiger partial charge in [-0.15, -0.1) is 0 Å². The van der Waals surface area contributed by atoms with Crippen molar-refractivity contribution >= 4 is 29.0 Å². The second-order valence-electron chi connectivity index (χ2n) is 9.81. The zero-order valence-corrected chi connectivity index (χ0v) is 21.3. The Balaban J connectivity index is 1.90. The number of amides is 2. The first-order valence-electron chi connectivity index (χ1n) is 12.1. The molecule has 1 saturated carbocycles. The molecule has 0 bridgehead atoms. The minimum absolute atomic E-state index is 0.111. The number of aliphatic hydroxyl groups is 1. The number of aryl methyl sites for hydroxylation is 1. The van der Waals surface area contributed by atoms with E-state index in [1.807, 2.05) is 0 Å². The number of hydrogen-bond acceptors (Lipinski definition) is 6. The lowest BCUT2D eigenvalue weighted by Crippen LogP contribution is -2.58. The molecule has 2 aromatic carbocycles. The third-order valence-corrected chi connectivity index (χ3v) is 6.68. The normalized spacial score (nSPS) is 20.0. The molecular formula is C27H26FN5O5. The number of carbonyl (C=O) groups is 2. The Labute approximate surface area is 216 Å². The van der Waals surface area contributed by atoms with E-state index in [1.54, 1.807) is 31.2 Å². The van der Waals surface area contributed by atoms with E-state index in [0.717, 1.165) is 14.0 Å². The molecule has 38 heavy (non-hydrogen) atoms. The lowest BCUT2D eigenvalue weighted by molar-refractivity contribution is -0.146. The number of likely N-dealkylation sites (N-methyl/N-ethyl adjacent to an activating group) is 1. The molecule has 2 heterocycles. The van der Waals surface area contributed by atoms with Gasteiger partial charge in [-0.05, 0) is 62.6 Å². The molecule has 2 amide bonds. The summed E-state index contributed by atoms with van der Waals surface area (Å²) >= 11 is 0. The fourth-order valence-corrected chi connectivity index (χ4v) is 4.75. The van der Waals surface area contributed by atoms with Crippen molar-refractivity contribution in [3.63, 3.8) is 0 Å². The number of aromatic nitrogens is 2. The summed E-state index contributed by atoms with van der Waals surface area (Å²) in [6, 6.07) is 10.2. The molecule has 196 valence electrons. The number of halogens is 1. The van der Waals surface area contributed by atoms with E-state index in [0.29, 0.717) is 24.1 Å². The van der Waals surface area contributed by atoms with E-state index >= 15 is 0 Å². The molecule has 3 aromatic rings. The largest absolute Gasteiger partial charge is 0.374 e. The second kappa shape index (κ2) is 8.88. The van der Waals surface area contributed by atoms with Gasteiger partial charge in [-0.2, -0.15) is 0 Å². The van der Waals surface area contributed by atoms with E-state index in [4.69, 9.17) is 0 Å². The van der Waals surface area contributed by atoms with Crippen LogP contribution in [0.25, 0.3) is 5.69 Å². The van der Waals surface area contributed by atoms with E-state index in [-0.39, 0.29) is 40.4 Å². The lowest BCUT2D eigenvalue weighted by Gasteiger charge is -2.37. The monoisotopic (exact) mass is 519 g/mol. The number of anilines is 1. The molecule has 1 aliphatic heterocycles. The minimum atomic E-state index is -2.31. The van der Waals surface area contributed by atoms with Crippen LogP contribution in [0.2, 0.25) is 0 Å². The molecule has 10 nitrogen and oxygen atoms in total. The summed E-state index contributed by atoms with van der Waals surface area (Å²) < 4.78 is 17.0. The van der Waals surface area contributed by atoms with Crippen molar-refractivity contribution in [1.82, 2.24) is 14.0 Å². The highest BCUT2D eigenvalue weighted by molar-refractivity contribution is 6.15. The van der Waals surface area contributed by atoms with Crippen molar-refractivity contribution in [3.8, 4) is 5.69 Å². The van der Waals surface area contributed by atoms with Crippen molar-refractivity contribution in [1.29, 1.82) is 0 Å². The van der Waals surface area contributed by atoms with Crippen LogP contribution in [0.15, 0.2) is 57.0 Å². The van der Waals surface area contributed by atoms with E-state index in [1.165, 1.54) is 39.1 Å². The summed E-state index contributed by atoms with van der Waals surface area (Å²) in [5, 5.41) is 14.1. The Kier molecular flexibility index (Phi) is 5.90. The maximum Gasteiger partial charge on any atom is 0.336 e.